The van der Waals surface area contributed by atoms with Crippen molar-refractivity contribution in [3.8, 4) is 11.4 Å². The average molecular weight is 568 g/mol. The SMILES string of the molecule is Cc1ccc(-c2nc(C)c(Cc3ccccc3)c(N3CCN(S(=O)(=O)c4cc(Cl)ccc4Cl)CC3)n2)cc1. The highest BCUT2D eigenvalue weighted by Gasteiger charge is 2.32. The third-order valence-corrected chi connectivity index (χ3v) is 9.39. The molecule has 38 heavy (non-hydrogen) atoms. The van der Waals surface area contributed by atoms with Crippen LogP contribution in [0.3, 0.4) is 0 Å². The Bertz CT molecular complexity index is 1550. The van der Waals surface area contributed by atoms with Gasteiger partial charge in [0.25, 0.3) is 0 Å². The lowest BCUT2D eigenvalue weighted by atomic mass is 10.0. The standard InChI is InChI=1S/C29H28Cl2N4O2S/c1-20-8-10-23(11-9-20)28-32-21(2)25(18-22-6-4-3-5-7-22)29(33-28)34-14-16-35(17-15-34)38(36,37)27-19-24(30)12-13-26(27)31/h3-13,19H,14-18H2,1-2H3. The predicted molar refractivity (Wildman–Crippen MR) is 154 cm³/mol. The number of benzene rings is 3. The molecule has 1 fully saturated rings. The molecule has 1 aliphatic heterocycles. The highest BCUT2D eigenvalue weighted by atomic mass is 35.5. The van der Waals surface area contributed by atoms with Gasteiger partial charge >= 0.3 is 0 Å². The van der Waals surface area contributed by atoms with Gasteiger partial charge < -0.3 is 4.90 Å². The number of hydrogen-bond acceptors (Lipinski definition) is 5. The number of piperazine rings is 1. The third-order valence-electron chi connectivity index (χ3n) is 6.77. The lowest BCUT2D eigenvalue weighted by molar-refractivity contribution is 0.383. The minimum absolute atomic E-state index is 0.0319. The highest BCUT2D eigenvalue weighted by Crippen LogP contribution is 2.31. The molecule has 3 aromatic carbocycles. The summed E-state index contributed by atoms with van der Waals surface area (Å²) in [5, 5.41) is 0.494. The first-order chi connectivity index (χ1) is 18.2. The molecule has 0 radical (unpaired) electrons. The monoisotopic (exact) mass is 566 g/mol. The Morgan fingerprint density at radius 3 is 2.21 bits per heavy atom. The molecule has 0 amide bonds. The van der Waals surface area contributed by atoms with Crippen molar-refractivity contribution in [2.24, 2.45) is 0 Å². The average Bonchev–Trinajstić information content (AvgIpc) is 2.92. The zero-order chi connectivity index (χ0) is 26.9. The largest absolute Gasteiger partial charge is 0.354 e. The van der Waals surface area contributed by atoms with Crippen LogP contribution in [0.1, 0.15) is 22.4 Å². The summed E-state index contributed by atoms with van der Waals surface area (Å²) in [6, 6.07) is 22.9. The van der Waals surface area contributed by atoms with Crippen molar-refractivity contribution in [1.29, 1.82) is 0 Å². The van der Waals surface area contributed by atoms with Crippen LogP contribution in [-0.4, -0.2) is 48.9 Å². The molecule has 9 heteroatoms. The van der Waals surface area contributed by atoms with Crippen LogP contribution in [0, 0.1) is 13.8 Å². The number of sulfonamides is 1. The lowest BCUT2D eigenvalue weighted by Crippen LogP contribution is -2.49. The molecule has 2 heterocycles. The van der Waals surface area contributed by atoms with Gasteiger partial charge in [-0.1, -0.05) is 83.4 Å². The number of nitrogens with zero attached hydrogens (tertiary/aromatic N) is 4. The van der Waals surface area contributed by atoms with E-state index in [1.165, 1.54) is 27.6 Å². The van der Waals surface area contributed by atoms with E-state index in [-0.39, 0.29) is 9.92 Å². The van der Waals surface area contributed by atoms with Gasteiger partial charge in [-0.2, -0.15) is 4.31 Å². The maximum atomic E-state index is 13.4. The van der Waals surface area contributed by atoms with E-state index in [9.17, 15) is 8.42 Å². The van der Waals surface area contributed by atoms with Gasteiger partial charge in [0.2, 0.25) is 10.0 Å². The fraction of sp³-hybridized carbons (Fsp3) is 0.241. The third kappa shape index (κ3) is 5.57. The van der Waals surface area contributed by atoms with Crippen molar-refractivity contribution in [3.05, 3.63) is 105 Å². The van der Waals surface area contributed by atoms with Crippen LogP contribution < -0.4 is 4.90 Å². The van der Waals surface area contributed by atoms with E-state index in [0.29, 0.717) is 43.4 Å². The maximum Gasteiger partial charge on any atom is 0.244 e. The number of rotatable bonds is 6. The van der Waals surface area contributed by atoms with E-state index in [1.807, 2.05) is 44.2 Å². The molecule has 0 spiro atoms. The Morgan fingerprint density at radius 1 is 0.842 bits per heavy atom. The first-order valence-electron chi connectivity index (χ1n) is 12.4. The Balaban J connectivity index is 1.47. The zero-order valence-corrected chi connectivity index (χ0v) is 23.6. The Kier molecular flexibility index (Phi) is 7.73. The fourth-order valence-electron chi connectivity index (χ4n) is 4.64. The van der Waals surface area contributed by atoms with Gasteiger partial charge in [0.15, 0.2) is 5.82 Å². The Labute approximate surface area is 233 Å². The quantitative estimate of drug-likeness (QED) is 0.279. The zero-order valence-electron chi connectivity index (χ0n) is 21.2. The second-order valence-electron chi connectivity index (χ2n) is 9.43. The molecule has 0 aliphatic carbocycles. The van der Waals surface area contributed by atoms with E-state index in [4.69, 9.17) is 33.2 Å². The fourth-order valence-corrected chi connectivity index (χ4v) is 6.79. The summed E-state index contributed by atoms with van der Waals surface area (Å²) in [5.41, 5.74) is 5.24. The lowest BCUT2D eigenvalue weighted by Gasteiger charge is -2.36. The number of aryl methyl sites for hydroxylation is 2. The summed E-state index contributed by atoms with van der Waals surface area (Å²) >= 11 is 12.3. The van der Waals surface area contributed by atoms with Gasteiger partial charge in [-0.05, 0) is 37.6 Å². The molecule has 6 nitrogen and oxygen atoms in total. The molecule has 0 unspecified atom stereocenters. The number of halogens is 2. The second kappa shape index (κ2) is 11.0. The van der Waals surface area contributed by atoms with Crippen LogP contribution in [0.2, 0.25) is 10.0 Å². The van der Waals surface area contributed by atoms with Crippen molar-refractivity contribution in [3.63, 3.8) is 0 Å². The van der Waals surface area contributed by atoms with Gasteiger partial charge in [0, 0.05) is 54.4 Å². The topological polar surface area (TPSA) is 66.4 Å². The van der Waals surface area contributed by atoms with Gasteiger partial charge in [0.05, 0.1) is 5.02 Å². The first kappa shape index (κ1) is 26.6. The minimum Gasteiger partial charge on any atom is -0.354 e. The molecule has 1 aromatic heterocycles. The molecule has 0 N–H and O–H groups in total. The molecular weight excluding hydrogens is 539 g/mol. The van der Waals surface area contributed by atoms with Crippen molar-refractivity contribution < 1.29 is 8.42 Å². The van der Waals surface area contributed by atoms with Gasteiger partial charge in [0.1, 0.15) is 10.7 Å². The van der Waals surface area contributed by atoms with Crippen LogP contribution in [0.5, 0.6) is 0 Å². The summed E-state index contributed by atoms with van der Waals surface area (Å²) in [4.78, 5) is 12.1. The first-order valence-corrected chi connectivity index (χ1v) is 14.6. The van der Waals surface area contributed by atoms with Crippen LogP contribution in [0.15, 0.2) is 77.7 Å². The highest BCUT2D eigenvalue weighted by molar-refractivity contribution is 7.89. The second-order valence-corrected chi connectivity index (χ2v) is 12.2. The Hall–Kier alpha value is -2.97. The van der Waals surface area contributed by atoms with Crippen LogP contribution >= 0.6 is 23.2 Å². The number of aromatic nitrogens is 2. The summed E-state index contributed by atoms with van der Waals surface area (Å²) < 4.78 is 28.2. The summed E-state index contributed by atoms with van der Waals surface area (Å²) in [5.74, 6) is 1.50. The molecule has 5 rings (SSSR count). The predicted octanol–water partition coefficient (Wildman–Crippen LogP) is 6.17. The molecular formula is C29H28Cl2N4O2S. The molecule has 196 valence electrons. The van der Waals surface area contributed by atoms with E-state index in [2.05, 4.69) is 29.2 Å². The Morgan fingerprint density at radius 2 is 1.53 bits per heavy atom. The van der Waals surface area contributed by atoms with Gasteiger partial charge in [-0.25, -0.2) is 18.4 Å². The van der Waals surface area contributed by atoms with Crippen LogP contribution in [-0.2, 0) is 16.4 Å². The van der Waals surface area contributed by atoms with Crippen molar-refractivity contribution in [2.45, 2.75) is 25.2 Å². The van der Waals surface area contributed by atoms with Crippen molar-refractivity contribution in [2.75, 3.05) is 31.1 Å². The van der Waals surface area contributed by atoms with Gasteiger partial charge in [-0.15, -0.1) is 0 Å². The summed E-state index contributed by atoms with van der Waals surface area (Å²) in [6.07, 6.45) is 0.687. The molecule has 0 saturated carbocycles. The normalized spacial score (nSPS) is 14.6. The minimum atomic E-state index is -3.79. The molecule has 0 bridgehead atoms. The van der Waals surface area contributed by atoms with Crippen LogP contribution in [0.4, 0.5) is 5.82 Å². The molecule has 4 aromatic rings. The number of anilines is 1. The van der Waals surface area contributed by atoms with Gasteiger partial charge in [-0.3, -0.25) is 0 Å². The molecule has 1 saturated heterocycles. The number of hydrogen-bond donors (Lipinski definition) is 0. The van der Waals surface area contributed by atoms with E-state index in [1.54, 1.807) is 6.07 Å². The summed E-state index contributed by atoms with van der Waals surface area (Å²) in [6.45, 7) is 5.65. The van der Waals surface area contributed by atoms with Crippen molar-refractivity contribution in [1.82, 2.24) is 14.3 Å². The van der Waals surface area contributed by atoms with Crippen molar-refractivity contribution >= 4 is 39.0 Å². The van der Waals surface area contributed by atoms with E-state index >= 15 is 0 Å². The van der Waals surface area contributed by atoms with E-state index < -0.39 is 10.0 Å². The van der Waals surface area contributed by atoms with Crippen LogP contribution in [0.25, 0.3) is 11.4 Å². The molecule has 0 atom stereocenters. The smallest absolute Gasteiger partial charge is 0.244 e. The molecule has 1 aliphatic rings. The maximum absolute atomic E-state index is 13.4. The summed E-state index contributed by atoms with van der Waals surface area (Å²) in [7, 11) is -3.79. The van der Waals surface area contributed by atoms with E-state index in [0.717, 1.165) is 22.6 Å².